The Hall–Kier alpha value is -2.95. The van der Waals surface area contributed by atoms with Gasteiger partial charge in [-0.3, -0.25) is 4.79 Å². The largest absolute Gasteiger partial charge is 0.355 e. The molecule has 25 heavy (non-hydrogen) atoms. The molecule has 0 aliphatic heterocycles. The van der Waals surface area contributed by atoms with Crippen molar-refractivity contribution in [3.05, 3.63) is 77.7 Å². The van der Waals surface area contributed by atoms with Gasteiger partial charge in [0.05, 0.1) is 0 Å². The molecule has 3 aromatic rings. The molecule has 4 nitrogen and oxygen atoms in total. The summed E-state index contributed by atoms with van der Waals surface area (Å²) in [5, 5.41) is 3.93. The number of carbonyl (C=O) groups is 1. The average Bonchev–Trinajstić information content (AvgIpc) is 3.36. The molecule has 1 aliphatic rings. The van der Waals surface area contributed by atoms with Crippen LogP contribution in [0.1, 0.15) is 28.9 Å². The molecular formula is C20H17FN2O2. The van der Waals surface area contributed by atoms with Crippen molar-refractivity contribution in [2.75, 3.05) is 0 Å². The summed E-state index contributed by atoms with van der Waals surface area (Å²) in [5.41, 5.74) is 1.62. The number of hydrogen-bond acceptors (Lipinski definition) is 3. The molecule has 1 amide bonds. The van der Waals surface area contributed by atoms with Gasteiger partial charge in [0.25, 0.3) is 5.91 Å². The zero-order valence-corrected chi connectivity index (χ0v) is 13.6. The maximum absolute atomic E-state index is 14.0. The maximum atomic E-state index is 14.0. The number of amides is 1. The third-order valence-corrected chi connectivity index (χ3v) is 4.33. The summed E-state index contributed by atoms with van der Waals surface area (Å²) < 4.78 is 19.3. The second kappa shape index (κ2) is 6.51. The summed E-state index contributed by atoms with van der Waals surface area (Å²) in [5.74, 6) is 0.0216. The Bertz CT molecular complexity index is 887. The van der Waals surface area contributed by atoms with Gasteiger partial charge >= 0.3 is 0 Å². The molecule has 1 fully saturated rings. The summed E-state index contributed by atoms with van der Waals surface area (Å²) in [4.78, 5) is 14.6. The highest BCUT2D eigenvalue weighted by Crippen LogP contribution is 2.31. The number of benzene rings is 2. The highest BCUT2D eigenvalue weighted by molar-refractivity contribution is 5.93. The molecule has 4 rings (SSSR count). The zero-order chi connectivity index (χ0) is 17.2. The predicted octanol–water partition coefficient (Wildman–Crippen LogP) is 4.29. The van der Waals surface area contributed by atoms with E-state index < -0.39 is 0 Å². The summed E-state index contributed by atoms with van der Waals surface area (Å²) >= 11 is 0. The number of nitrogens with zero attached hydrogens (tertiary/aromatic N) is 2. The molecule has 126 valence electrons. The van der Waals surface area contributed by atoms with Crippen molar-refractivity contribution in [1.82, 2.24) is 10.1 Å². The number of halogens is 1. The van der Waals surface area contributed by atoms with Crippen LogP contribution in [0.4, 0.5) is 4.39 Å². The fraction of sp³-hybridized carbons (Fsp3) is 0.200. The van der Waals surface area contributed by atoms with Gasteiger partial charge in [-0.15, -0.1) is 0 Å². The molecular weight excluding hydrogens is 319 g/mol. The number of carbonyl (C=O) groups excluding carboxylic acids is 1. The molecule has 0 bridgehead atoms. The molecule has 0 spiro atoms. The average molecular weight is 336 g/mol. The van der Waals surface area contributed by atoms with E-state index in [0.29, 0.717) is 11.3 Å². The molecule has 0 radical (unpaired) electrons. The molecule has 0 unspecified atom stereocenters. The van der Waals surface area contributed by atoms with E-state index in [-0.39, 0.29) is 30.0 Å². The Kier molecular flexibility index (Phi) is 4.06. The van der Waals surface area contributed by atoms with Crippen LogP contribution in [-0.2, 0) is 6.54 Å². The maximum Gasteiger partial charge on any atom is 0.276 e. The number of hydrogen-bond donors (Lipinski definition) is 0. The lowest BCUT2D eigenvalue weighted by Crippen LogP contribution is -2.33. The second-order valence-corrected chi connectivity index (χ2v) is 6.20. The van der Waals surface area contributed by atoms with Crippen LogP contribution in [0.3, 0.4) is 0 Å². The van der Waals surface area contributed by atoms with Gasteiger partial charge in [0, 0.05) is 29.8 Å². The van der Waals surface area contributed by atoms with Crippen molar-refractivity contribution in [3.63, 3.8) is 0 Å². The van der Waals surface area contributed by atoms with E-state index in [1.54, 1.807) is 29.2 Å². The molecule has 0 atom stereocenters. The van der Waals surface area contributed by atoms with Crippen molar-refractivity contribution in [2.45, 2.75) is 25.4 Å². The first-order valence-electron chi connectivity index (χ1n) is 8.29. The molecule has 1 aromatic heterocycles. The lowest BCUT2D eigenvalue weighted by molar-refractivity contribution is 0.0718. The van der Waals surface area contributed by atoms with Crippen molar-refractivity contribution in [1.29, 1.82) is 0 Å². The Balaban J connectivity index is 1.58. The van der Waals surface area contributed by atoms with Gasteiger partial charge in [-0.25, -0.2) is 4.39 Å². The Labute approximate surface area is 144 Å². The first kappa shape index (κ1) is 15.6. The van der Waals surface area contributed by atoms with E-state index in [0.717, 1.165) is 18.4 Å². The standard InChI is InChI=1S/C20H17FN2O2/c21-17-9-5-4-8-15(17)13-23(16-10-11-16)20(24)18-12-19(25-22-18)14-6-2-1-3-7-14/h1-9,12,16H,10-11,13H2. The van der Waals surface area contributed by atoms with Gasteiger partial charge in [-0.05, 0) is 18.9 Å². The van der Waals surface area contributed by atoms with Crippen LogP contribution >= 0.6 is 0 Å². The summed E-state index contributed by atoms with van der Waals surface area (Å²) in [6, 6.07) is 17.8. The molecule has 1 aliphatic carbocycles. The monoisotopic (exact) mass is 336 g/mol. The van der Waals surface area contributed by atoms with Gasteiger partial charge in [0.15, 0.2) is 11.5 Å². The first-order valence-corrected chi connectivity index (χ1v) is 8.29. The Morgan fingerprint density at radius 3 is 2.56 bits per heavy atom. The van der Waals surface area contributed by atoms with Crippen molar-refractivity contribution >= 4 is 5.91 Å². The van der Waals surface area contributed by atoms with Gasteiger partial charge in [0.2, 0.25) is 0 Å². The first-order chi connectivity index (χ1) is 12.2. The molecule has 0 saturated heterocycles. The van der Waals surface area contributed by atoms with Crippen molar-refractivity contribution in [2.24, 2.45) is 0 Å². The summed E-state index contributed by atoms with van der Waals surface area (Å²) in [6.07, 6.45) is 1.87. The minimum atomic E-state index is -0.300. The van der Waals surface area contributed by atoms with E-state index in [2.05, 4.69) is 5.16 Å². The minimum absolute atomic E-state index is 0.143. The summed E-state index contributed by atoms with van der Waals surface area (Å²) in [6.45, 7) is 0.240. The van der Waals surface area contributed by atoms with E-state index in [1.165, 1.54) is 6.07 Å². The number of rotatable bonds is 5. The fourth-order valence-electron chi connectivity index (χ4n) is 2.82. The van der Waals surface area contributed by atoms with E-state index in [4.69, 9.17) is 4.52 Å². The molecule has 1 heterocycles. The third-order valence-electron chi connectivity index (χ3n) is 4.33. The van der Waals surface area contributed by atoms with Crippen LogP contribution in [0.25, 0.3) is 11.3 Å². The normalized spacial score (nSPS) is 13.6. The van der Waals surface area contributed by atoms with Crippen LogP contribution < -0.4 is 0 Å². The lowest BCUT2D eigenvalue weighted by atomic mass is 10.1. The van der Waals surface area contributed by atoms with Crippen LogP contribution in [0.2, 0.25) is 0 Å². The highest BCUT2D eigenvalue weighted by atomic mass is 19.1. The van der Waals surface area contributed by atoms with Crippen LogP contribution in [0.15, 0.2) is 65.2 Å². The molecule has 0 N–H and O–H groups in total. The van der Waals surface area contributed by atoms with Crippen molar-refractivity contribution < 1.29 is 13.7 Å². The van der Waals surface area contributed by atoms with Crippen LogP contribution in [0.5, 0.6) is 0 Å². The Morgan fingerprint density at radius 1 is 1.12 bits per heavy atom. The van der Waals surface area contributed by atoms with E-state index in [1.807, 2.05) is 30.3 Å². The summed E-state index contributed by atoms with van der Waals surface area (Å²) in [7, 11) is 0. The Morgan fingerprint density at radius 2 is 1.84 bits per heavy atom. The molecule has 2 aromatic carbocycles. The smallest absolute Gasteiger partial charge is 0.276 e. The topological polar surface area (TPSA) is 46.3 Å². The molecule has 5 heteroatoms. The van der Waals surface area contributed by atoms with Gasteiger partial charge < -0.3 is 9.42 Å². The van der Waals surface area contributed by atoms with Crippen molar-refractivity contribution in [3.8, 4) is 11.3 Å². The second-order valence-electron chi connectivity index (χ2n) is 6.20. The zero-order valence-electron chi connectivity index (χ0n) is 13.6. The number of aromatic nitrogens is 1. The SMILES string of the molecule is O=C(c1cc(-c2ccccc2)on1)N(Cc1ccccc1F)C1CC1. The van der Waals surface area contributed by atoms with Crippen LogP contribution in [0, 0.1) is 5.82 Å². The quantitative estimate of drug-likeness (QED) is 0.698. The third kappa shape index (κ3) is 3.31. The van der Waals surface area contributed by atoms with Gasteiger partial charge in [0.1, 0.15) is 5.82 Å². The lowest BCUT2D eigenvalue weighted by Gasteiger charge is -2.21. The van der Waals surface area contributed by atoms with Gasteiger partial charge in [-0.2, -0.15) is 0 Å². The molecule has 1 saturated carbocycles. The minimum Gasteiger partial charge on any atom is -0.355 e. The fourth-order valence-corrected chi connectivity index (χ4v) is 2.82. The van der Waals surface area contributed by atoms with Crippen LogP contribution in [-0.4, -0.2) is 22.0 Å². The van der Waals surface area contributed by atoms with Gasteiger partial charge in [-0.1, -0.05) is 53.7 Å². The predicted molar refractivity (Wildman–Crippen MR) is 91.2 cm³/mol. The van der Waals surface area contributed by atoms with E-state index in [9.17, 15) is 9.18 Å². The van der Waals surface area contributed by atoms with E-state index >= 15 is 0 Å². The highest BCUT2D eigenvalue weighted by Gasteiger charge is 2.34.